The molecule has 5 rings (SSSR count). The summed E-state index contributed by atoms with van der Waals surface area (Å²) in [5.74, 6) is -0.703. The van der Waals surface area contributed by atoms with Crippen LogP contribution in [0, 0.1) is 0 Å². The fraction of sp³-hybridized carbons (Fsp3) is 0.323. The first kappa shape index (κ1) is 29.1. The van der Waals surface area contributed by atoms with E-state index in [0.29, 0.717) is 30.8 Å². The quantitative estimate of drug-likeness (QED) is 0.440. The molecule has 1 saturated heterocycles. The van der Waals surface area contributed by atoms with E-state index in [1.807, 2.05) is 30.3 Å². The average molecular weight is 582 g/mol. The molecule has 220 valence electrons. The normalized spacial score (nSPS) is 20.3. The van der Waals surface area contributed by atoms with Crippen molar-refractivity contribution in [3.8, 4) is 5.75 Å². The maximum Gasteiger partial charge on any atom is 0.416 e. The van der Waals surface area contributed by atoms with Gasteiger partial charge in [0.2, 0.25) is 5.91 Å². The van der Waals surface area contributed by atoms with Crippen LogP contribution in [0.4, 0.5) is 18.9 Å². The standard InChI is InChI=1S/C31H30F3N3O5/c1-37-25-13-12-23(17-35-28(38)15-19-5-3-2-4-6-19)42-27(25)18-41-26-14-11-22(16-24(26)30(37)40)36-29(39)20-7-9-21(10-8-20)31(32,33)34/h2-11,14,16,23,25,27H,12-13,15,17-18H2,1H3,(H,35,38)(H,36,39)/t23-,25-,27-/m0/s1. The SMILES string of the molecule is CN1C(=O)c2cc(NC(=O)c3ccc(C(F)(F)F)cc3)ccc2OC[C@@H]2O[C@H](CNC(=O)Cc3ccccc3)CC[C@@H]21. The number of halogens is 3. The number of fused-ring (bicyclic) bond motifs is 2. The Kier molecular flexibility index (Phi) is 8.49. The lowest BCUT2D eigenvalue weighted by Crippen LogP contribution is -2.54. The highest BCUT2D eigenvalue weighted by Gasteiger charge is 2.39. The predicted molar refractivity (Wildman–Crippen MR) is 148 cm³/mol. The molecule has 3 atom stereocenters. The third kappa shape index (κ3) is 6.73. The van der Waals surface area contributed by atoms with Gasteiger partial charge in [-0.2, -0.15) is 13.2 Å². The van der Waals surface area contributed by atoms with E-state index in [-0.39, 0.29) is 48.1 Å². The first-order valence-corrected chi connectivity index (χ1v) is 13.6. The molecule has 3 aromatic rings. The molecule has 0 unspecified atom stereocenters. The average Bonchev–Trinajstić information content (AvgIpc) is 2.98. The molecule has 8 nitrogen and oxygen atoms in total. The number of alkyl halides is 3. The molecule has 3 amide bonds. The lowest BCUT2D eigenvalue weighted by Gasteiger charge is -2.42. The van der Waals surface area contributed by atoms with E-state index in [1.54, 1.807) is 24.1 Å². The van der Waals surface area contributed by atoms with Crippen molar-refractivity contribution >= 4 is 23.4 Å². The number of ether oxygens (including phenoxy) is 2. The van der Waals surface area contributed by atoms with Gasteiger partial charge in [-0.05, 0) is 60.9 Å². The zero-order chi connectivity index (χ0) is 29.9. The summed E-state index contributed by atoms with van der Waals surface area (Å²) in [6, 6.07) is 17.7. The molecule has 2 N–H and O–H groups in total. The third-order valence-corrected chi connectivity index (χ3v) is 7.48. The Morgan fingerprint density at radius 3 is 2.45 bits per heavy atom. The number of hydrogen-bond donors (Lipinski definition) is 2. The van der Waals surface area contributed by atoms with Crippen LogP contribution in [0.1, 0.15) is 44.7 Å². The Bertz CT molecular complexity index is 1450. The Balaban J connectivity index is 1.21. The predicted octanol–water partition coefficient (Wildman–Crippen LogP) is 4.70. The van der Waals surface area contributed by atoms with Gasteiger partial charge in [0.15, 0.2) is 0 Å². The second-order valence-corrected chi connectivity index (χ2v) is 10.4. The summed E-state index contributed by atoms with van der Waals surface area (Å²) in [6.07, 6.45) is -3.56. The van der Waals surface area contributed by atoms with E-state index >= 15 is 0 Å². The lowest BCUT2D eigenvalue weighted by atomic mass is 9.95. The second-order valence-electron chi connectivity index (χ2n) is 10.4. The van der Waals surface area contributed by atoms with Crippen molar-refractivity contribution in [2.75, 3.05) is 25.5 Å². The number of hydrogen-bond acceptors (Lipinski definition) is 5. The molecule has 0 radical (unpaired) electrons. The minimum absolute atomic E-state index is 0.0439. The molecule has 2 heterocycles. The Morgan fingerprint density at radius 2 is 1.74 bits per heavy atom. The molecule has 2 aliphatic heterocycles. The van der Waals surface area contributed by atoms with Crippen LogP contribution in [0.2, 0.25) is 0 Å². The van der Waals surface area contributed by atoms with Crippen molar-refractivity contribution in [1.82, 2.24) is 10.2 Å². The highest BCUT2D eigenvalue weighted by Crippen LogP contribution is 2.32. The third-order valence-electron chi connectivity index (χ3n) is 7.48. The van der Waals surface area contributed by atoms with Gasteiger partial charge in [-0.1, -0.05) is 30.3 Å². The monoisotopic (exact) mass is 581 g/mol. The molecule has 11 heteroatoms. The summed E-state index contributed by atoms with van der Waals surface area (Å²) < 4.78 is 50.8. The number of nitrogens with zero attached hydrogens (tertiary/aromatic N) is 1. The van der Waals surface area contributed by atoms with Crippen LogP contribution < -0.4 is 15.4 Å². The van der Waals surface area contributed by atoms with Crippen molar-refractivity contribution in [2.45, 2.75) is 43.7 Å². The zero-order valence-electron chi connectivity index (χ0n) is 22.8. The highest BCUT2D eigenvalue weighted by atomic mass is 19.4. The molecule has 42 heavy (non-hydrogen) atoms. The van der Waals surface area contributed by atoms with Gasteiger partial charge < -0.3 is 25.0 Å². The number of carbonyl (C=O) groups excluding carboxylic acids is 3. The maximum absolute atomic E-state index is 13.5. The van der Waals surface area contributed by atoms with Gasteiger partial charge >= 0.3 is 6.18 Å². The van der Waals surface area contributed by atoms with E-state index in [2.05, 4.69) is 10.6 Å². The number of likely N-dealkylation sites (N-methyl/N-ethyl adjacent to an activating group) is 1. The highest BCUT2D eigenvalue weighted by molar-refractivity contribution is 6.05. The number of benzene rings is 3. The van der Waals surface area contributed by atoms with Crippen molar-refractivity contribution in [3.63, 3.8) is 0 Å². The van der Waals surface area contributed by atoms with Crippen LogP contribution in [-0.2, 0) is 22.1 Å². The first-order chi connectivity index (χ1) is 20.1. The fourth-order valence-corrected chi connectivity index (χ4v) is 5.19. The minimum Gasteiger partial charge on any atom is -0.490 e. The van der Waals surface area contributed by atoms with Gasteiger partial charge in [-0.25, -0.2) is 0 Å². The van der Waals surface area contributed by atoms with Gasteiger partial charge in [-0.3, -0.25) is 14.4 Å². The van der Waals surface area contributed by atoms with Crippen LogP contribution in [0.5, 0.6) is 5.75 Å². The van der Waals surface area contributed by atoms with Crippen LogP contribution in [0.3, 0.4) is 0 Å². The van der Waals surface area contributed by atoms with Gasteiger partial charge in [0.1, 0.15) is 18.5 Å². The molecule has 0 aromatic heterocycles. The van der Waals surface area contributed by atoms with Crippen LogP contribution in [0.25, 0.3) is 0 Å². The van der Waals surface area contributed by atoms with Crippen molar-refractivity contribution in [2.24, 2.45) is 0 Å². The number of amides is 3. The molecule has 2 aliphatic rings. The molecular formula is C31H30F3N3O5. The van der Waals surface area contributed by atoms with E-state index in [1.165, 1.54) is 6.07 Å². The topological polar surface area (TPSA) is 97.0 Å². The van der Waals surface area contributed by atoms with E-state index in [0.717, 1.165) is 29.8 Å². The van der Waals surface area contributed by atoms with Crippen LogP contribution >= 0.6 is 0 Å². The Labute approximate surface area is 240 Å². The van der Waals surface area contributed by atoms with Crippen molar-refractivity contribution < 1.29 is 37.0 Å². The fourth-order valence-electron chi connectivity index (χ4n) is 5.19. The first-order valence-electron chi connectivity index (χ1n) is 13.6. The molecule has 1 fully saturated rings. The number of carbonyl (C=O) groups is 3. The zero-order valence-corrected chi connectivity index (χ0v) is 22.8. The van der Waals surface area contributed by atoms with Crippen molar-refractivity contribution in [1.29, 1.82) is 0 Å². The number of rotatable bonds is 6. The Hall–Kier alpha value is -4.38. The molecule has 3 aromatic carbocycles. The summed E-state index contributed by atoms with van der Waals surface area (Å²) in [4.78, 5) is 40.1. The van der Waals surface area contributed by atoms with Gasteiger partial charge in [-0.15, -0.1) is 0 Å². The molecule has 0 saturated carbocycles. The van der Waals surface area contributed by atoms with Crippen LogP contribution in [-0.4, -0.2) is 61.1 Å². The van der Waals surface area contributed by atoms with E-state index in [4.69, 9.17) is 9.47 Å². The summed E-state index contributed by atoms with van der Waals surface area (Å²) in [6.45, 7) is 0.534. The largest absolute Gasteiger partial charge is 0.490 e. The summed E-state index contributed by atoms with van der Waals surface area (Å²) in [5.41, 5.74) is 0.662. The van der Waals surface area contributed by atoms with Crippen molar-refractivity contribution in [3.05, 3.63) is 95.1 Å². The lowest BCUT2D eigenvalue weighted by molar-refractivity contribution is -0.137. The van der Waals surface area contributed by atoms with E-state index in [9.17, 15) is 27.6 Å². The van der Waals surface area contributed by atoms with Crippen LogP contribution in [0.15, 0.2) is 72.8 Å². The molecule has 0 bridgehead atoms. The summed E-state index contributed by atoms with van der Waals surface area (Å²) in [7, 11) is 1.69. The van der Waals surface area contributed by atoms with Gasteiger partial charge in [0, 0.05) is 24.8 Å². The molecular weight excluding hydrogens is 551 g/mol. The summed E-state index contributed by atoms with van der Waals surface area (Å²) in [5, 5.41) is 5.57. The molecule has 0 spiro atoms. The maximum atomic E-state index is 13.5. The number of anilines is 1. The number of nitrogens with one attached hydrogen (secondary N) is 2. The summed E-state index contributed by atoms with van der Waals surface area (Å²) >= 11 is 0. The minimum atomic E-state index is -4.50. The van der Waals surface area contributed by atoms with E-state index < -0.39 is 23.8 Å². The Morgan fingerprint density at radius 1 is 1.00 bits per heavy atom. The second kappa shape index (κ2) is 12.2. The molecule has 0 aliphatic carbocycles. The van der Waals surface area contributed by atoms with Gasteiger partial charge in [0.25, 0.3) is 11.8 Å². The smallest absolute Gasteiger partial charge is 0.416 e. The van der Waals surface area contributed by atoms with Gasteiger partial charge in [0.05, 0.1) is 29.7 Å².